The molecule has 8 heteroatoms. The third kappa shape index (κ3) is 2.07. The topological polar surface area (TPSA) is 132 Å². The third-order valence-corrected chi connectivity index (χ3v) is 3.15. The van der Waals surface area contributed by atoms with E-state index >= 15 is 0 Å². The van der Waals surface area contributed by atoms with Crippen molar-refractivity contribution >= 4 is 5.84 Å². The van der Waals surface area contributed by atoms with Crippen LogP contribution in [0.15, 0.2) is 17.3 Å². The molecule has 104 valence electrons. The van der Waals surface area contributed by atoms with Crippen molar-refractivity contribution in [3.63, 3.8) is 0 Å². The lowest BCUT2D eigenvalue weighted by Gasteiger charge is -2.33. The van der Waals surface area contributed by atoms with Gasteiger partial charge < -0.3 is 35.8 Å². The summed E-state index contributed by atoms with van der Waals surface area (Å²) in [6.45, 7) is -0.669. The van der Waals surface area contributed by atoms with E-state index in [2.05, 4.69) is 10.9 Å². The lowest BCUT2D eigenvalue weighted by molar-refractivity contribution is -0.146. The Kier molecular flexibility index (Phi) is 3.49. The maximum atomic E-state index is 9.94. The molecule has 0 saturated carbocycles. The molecule has 2 aliphatic rings. The van der Waals surface area contributed by atoms with Crippen LogP contribution in [0, 0.1) is 12.3 Å². The SMILES string of the molecule is C#C[C@]1(CO)O[C@@H](N2C=CC(N)=NC2O)[C@@H](O)[C@@H]1O. The fourth-order valence-corrected chi connectivity index (χ4v) is 2.02. The first kappa shape index (κ1) is 13.8. The van der Waals surface area contributed by atoms with Crippen LogP contribution in [0.3, 0.4) is 0 Å². The lowest BCUT2D eigenvalue weighted by atomic mass is 9.97. The molecule has 2 heterocycles. The minimum atomic E-state index is -1.72. The highest BCUT2D eigenvalue weighted by Crippen LogP contribution is 2.33. The van der Waals surface area contributed by atoms with Crippen molar-refractivity contribution in [3.05, 3.63) is 12.3 Å². The molecular formula is C11H15N3O5. The first-order valence-electron chi connectivity index (χ1n) is 5.55. The second kappa shape index (κ2) is 4.80. The minimum Gasteiger partial charge on any atom is -0.392 e. The van der Waals surface area contributed by atoms with Crippen molar-refractivity contribution in [2.75, 3.05) is 6.61 Å². The van der Waals surface area contributed by atoms with Crippen LogP contribution in [0.4, 0.5) is 0 Å². The van der Waals surface area contributed by atoms with Crippen molar-refractivity contribution in [1.82, 2.24) is 4.90 Å². The summed E-state index contributed by atoms with van der Waals surface area (Å²) >= 11 is 0. The van der Waals surface area contributed by atoms with Gasteiger partial charge >= 0.3 is 0 Å². The molecule has 0 aromatic carbocycles. The second-order valence-corrected chi connectivity index (χ2v) is 4.30. The number of nitrogens with two attached hydrogens (primary N) is 1. The Balaban J connectivity index is 2.24. The standard InChI is InChI=1S/C11H15N3O5/c1-2-11(5-15)8(17)7(16)9(19-11)14-4-3-6(12)13-10(14)18/h1,3-4,7-10,15-18H,5H2,(H2,12,13)/t7-,8-,9+,10?,11+/m0/s1. The Morgan fingerprint density at radius 3 is 2.68 bits per heavy atom. The second-order valence-electron chi connectivity index (χ2n) is 4.30. The van der Waals surface area contributed by atoms with E-state index in [4.69, 9.17) is 16.9 Å². The molecule has 1 saturated heterocycles. The molecule has 2 aliphatic heterocycles. The molecule has 19 heavy (non-hydrogen) atoms. The van der Waals surface area contributed by atoms with E-state index in [9.17, 15) is 20.4 Å². The third-order valence-electron chi connectivity index (χ3n) is 3.15. The predicted octanol–water partition coefficient (Wildman–Crippen LogP) is -3.11. The monoisotopic (exact) mass is 269 g/mol. The molecule has 8 nitrogen and oxygen atoms in total. The Bertz CT molecular complexity index is 460. The van der Waals surface area contributed by atoms with Crippen molar-refractivity contribution in [2.45, 2.75) is 30.4 Å². The number of amidine groups is 1. The van der Waals surface area contributed by atoms with Gasteiger partial charge in [-0.25, -0.2) is 4.99 Å². The van der Waals surface area contributed by atoms with E-state index in [1.165, 1.54) is 12.3 Å². The zero-order valence-electron chi connectivity index (χ0n) is 9.92. The summed E-state index contributed by atoms with van der Waals surface area (Å²) in [5.41, 5.74) is 3.69. The Morgan fingerprint density at radius 2 is 2.21 bits per heavy atom. The highest BCUT2D eigenvalue weighted by molar-refractivity contribution is 5.91. The summed E-state index contributed by atoms with van der Waals surface area (Å²) in [7, 11) is 0. The molecule has 0 bridgehead atoms. The van der Waals surface area contributed by atoms with Gasteiger partial charge in [0.05, 0.1) is 6.61 Å². The molecule has 0 aromatic rings. The number of ether oxygens (including phenoxy) is 1. The smallest absolute Gasteiger partial charge is 0.229 e. The van der Waals surface area contributed by atoms with Crippen LogP contribution in [0.1, 0.15) is 0 Å². The van der Waals surface area contributed by atoms with E-state index < -0.39 is 37.0 Å². The zero-order chi connectivity index (χ0) is 14.2. The molecule has 5 atom stereocenters. The van der Waals surface area contributed by atoms with Crippen LogP contribution in [-0.2, 0) is 4.74 Å². The van der Waals surface area contributed by atoms with Crippen LogP contribution in [0.25, 0.3) is 0 Å². The van der Waals surface area contributed by atoms with Gasteiger partial charge in [0.1, 0.15) is 18.0 Å². The van der Waals surface area contributed by atoms with Gasteiger partial charge in [-0.05, 0) is 6.08 Å². The highest BCUT2D eigenvalue weighted by Gasteiger charge is 2.55. The summed E-state index contributed by atoms with van der Waals surface area (Å²) in [5.74, 6) is 2.24. The summed E-state index contributed by atoms with van der Waals surface area (Å²) in [6.07, 6.45) is 2.55. The van der Waals surface area contributed by atoms with Crippen molar-refractivity contribution in [3.8, 4) is 12.3 Å². The van der Waals surface area contributed by atoms with Crippen molar-refractivity contribution < 1.29 is 25.2 Å². The number of aliphatic hydroxyl groups excluding tert-OH is 4. The number of rotatable bonds is 2. The van der Waals surface area contributed by atoms with Gasteiger partial charge in [0.2, 0.25) is 6.35 Å². The van der Waals surface area contributed by atoms with Gasteiger partial charge in [0.25, 0.3) is 0 Å². The number of hydrogen-bond acceptors (Lipinski definition) is 8. The number of aliphatic imine (C=N–C) groups is 1. The van der Waals surface area contributed by atoms with Gasteiger partial charge in [0.15, 0.2) is 11.8 Å². The summed E-state index contributed by atoms with van der Waals surface area (Å²) < 4.78 is 5.34. The molecule has 6 N–H and O–H groups in total. The van der Waals surface area contributed by atoms with Crippen molar-refractivity contribution in [1.29, 1.82) is 0 Å². The first-order valence-corrected chi connectivity index (χ1v) is 5.55. The van der Waals surface area contributed by atoms with Gasteiger partial charge in [-0.1, -0.05) is 5.92 Å². The fraction of sp³-hybridized carbons (Fsp3) is 0.545. The Morgan fingerprint density at radius 1 is 1.53 bits per heavy atom. The molecule has 0 amide bonds. The summed E-state index contributed by atoms with van der Waals surface area (Å²) in [6, 6.07) is 0. The maximum Gasteiger partial charge on any atom is 0.229 e. The average Bonchev–Trinajstić information content (AvgIpc) is 2.64. The number of terminal acetylenes is 1. The lowest BCUT2D eigenvalue weighted by Crippen LogP contribution is -2.47. The molecule has 0 aliphatic carbocycles. The van der Waals surface area contributed by atoms with E-state index in [1.807, 2.05) is 0 Å². The van der Waals surface area contributed by atoms with Crippen LogP contribution in [0.2, 0.25) is 0 Å². The van der Waals surface area contributed by atoms with Gasteiger partial charge in [0, 0.05) is 6.20 Å². The van der Waals surface area contributed by atoms with Crippen LogP contribution >= 0.6 is 0 Å². The van der Waals surface area contributed by atoms with E-state index in [-0.39, 0.29) is 5.84 Å². The molecule has 1 unspecified atom stereocenters. The molecule has 0 spiro atoms. The largest absolute Gasteiger partial charge is 0.392 e. The molecule has 1 fully saturated rings. The van der Waals surface area contributed by atoms with E-state index in [0.29, 0.717) is 0 Å². The van der Waals surface area contributed by atoms with Crippen molar-refractivity contribution in [2.24, 2.45) is 10.7 Å². The van der Waals surface area contributed by atoms with E-state index in [1.54, 1.807) is 0 Å². The van der Waals surface area contributed by atoms with E-state index in [0.717, 1.165) is 4.90 Å². The normalized spacial score (nSPS) is 42.1. The Labute approximate surface area is 109 Å². The molecule has 0 aromatic heterocycles. The predicted molar refractivity (Wildman–Crippen MR) is 64.1 cm³/mol. The number of nitrogens with zero attached hydrogens (tertiary/aromatic N) is 2. The average molecular weight is 269 g/mol. The van der Waals surface area contributed by atoms with Crippen LogP contribution in [-0.4, -0.2) is 68.2 Å². The minimum absolute atomic E-state index is 0.113. The highest BCUT2D eigenvalue weighted by atomic mass is 16.6. The number of aliphatic hydroxyl groups is 4. The summed E-state index contributed by atoms with van der Waals surface area (Å²) in [4.78, 5) is 4.81. The first-order chi connectivity index (χ1) is 8.95. The van der Waals surface area contributed by atoms with Crippen LogP contribution < -0.4 is 5.73 Å². The van der Waals surface area contributed by atoms with Gasteiger partial charge in [-0.3, -0.25) is 0 Å². The quantitative estimate of drug-likeness (QED) is 0.335. The molecular weight excluding hydrogens is 254 g/mol. The summed E-state index contributed by atoms with van der Waals surface area (Å²) in [5, 5.41) is 38.8. The fourth-order valence-electron chi connectivity index (χ4n) is 2.02. The zero-order valence-corrected chi connectivity index (χ0v) is 9.92. The maximum absolute atomic E-state index is 9.94. The molecule has 0 radical (unpaired) electrons. The van der Waals surface area contributed by atoms with Gasteiger partial charge in [-0.15, -0.1) is 6.42 Å². The Hall–Kier alpha value is -1.63. The number of hydrogen-bond donors (Lipinski definition) is 5. The van der Waals surface area contributed by atoms with Gasteiger partial charge in [-0.2, -0.15) is 0 Å². The molecule has 2 rings (SSSR count). The van der Waals surface area contributed by atoms with Crippen LogP contribution in [0.5, 0.6) is 0 Å².